The Kier molecular flexibility index (Phi) is 4.65. The van der Waals surface area contributed by atoms with Gasteiger partial charge in [0.1, 0.15) is 0 Å². The smallest absolute Gasteiger partial charge is 0.156 e. The lowest BCUT2D eigenvalue weighted by Gasteiger charge is -2.54. The van der Waals surface area contributed by atoms with E-state index in [1.807, 2.05) is 25.1 Å². The van der Waals surface area contributed by atoms with Crippen LogP contribution in [-0.2, 0) is 4.79 Å². The van der Waals surface area contributed by atoms with Gasteiger partial charge >= 0.3 is 0 Å². The van der Waals surface area contributed by atoms with Crippen molar-refractivity contribution in [1.29, 1.82) is 0 Å². The molecule has 6 unspecified atom stereocenters. The van der Waals surface area contributed by atoms with Crippen molar-refractivity contribution < 1.29 is 15.0 Å². The van der Waals surface area contributed by atoms with Gasteiger partial charge in [-0.05, 0) is 92.6 Å². The maximum atomic E-state index is 12.1. The molecule has 0 heterocycles. The van der Waals surface area contributed by atoms with Crippen molar-refractivity contribution in [2.75, 3.05) is 0 Å². The van der Waals surface area contributed by atoms with Gasteiger partial charge in [-0.15, -0.1) is 0 Å². The average Bonchev–Trinajstić information content (AvgIpc) is 2.96. The summed E-state index contributed by atoms with van der Waals surface area (Å²) in [6, 6.07) is 8.45. The van der Waals surface area contributed by atoms with E-state index in [9.17, 15) is 15.0 Å². The average molecular weight is 407 g/mol. The highest BCUT2D eigenvalue weighted by Crippen LogP contribution is 2.66. The molecule has 160 valence electrons. The Balaban J connectivity index is 1.66. The first-order valence-electron chi connectivity index (χ1n) is 11.7. The van der Waals surface area contributed by atoms with Crippen LogP contribution in [-0.4, -0.2) is 21.6 Å². The maximum absolute atomic E-state index is 12.1. The van der Waals surface area contributed by atoms with Gasteiger partial charge in [0, 0.05) is 17.8 Å². The molecule has 0 aromatic heterocycles. The molecule has 0 radical (unpaired) electrons. The predicted octanol–water partition coefficient (Wildman–Crippen LogP) is 5.39. The third-order valence-corrected chi connectivity index (χ3v) is 9.12. The van der Waals surface area contributed by atoms with E-state index in [0.29, 0.717) is 18.3 Å². The van der Waals surface area contributed by atoms with Crippen LogP contribution in [0.5, 0.6) is 0 Å². The van der Waals surface area contributed by atoms with Gasteiger partial charge in [-0.3, -0.25) is 4.79 Å². The van der Waals surface area contributed by atoms with Crippen LogP contribution in [0.2, 0.25) is 0 Å². The van der Waals surface area contributed by atoms with Crippen molar-refractivity contribution in [2.24, 2.45) is 17.3 Å². The molecule has 0 bridgehead atoms. The van der Waals surface area contributed by atoms with Crippen molar-refractivity contribution in [3.8, 4) is 0 Å². The van der Waals surface area contributed by atoms with Gasteiger partial charge in [0.15, 0.2) is 5.78 Å². The lowest BCUT2D eigenvalue weighted by Crippen LogP contribution is -2.50. The number of hydrogen-bond donors (Lipinski definition) is 2. The molecule has 0 amide bonds. The molecule has 4 aliphatic rings. The minimum absolute atomic E-state index is 0.0962. The topological polar surface area (TPSA) is 57.5 Å². The number of fused-ring (bicyclic) bond motifs is 4. The van der Waals surface area contributed by atoms with Crippen LogP contribution in [0.25, 0.3) is 0 Å². The fourth-order valence-electron chi connectivity index (χ4n) is 7.19. The summed E-state index contributed by atoms with van der Waals surface area (Å²) in [6.45, 7) is 6.17. The van der Waals surface area contributed by atoms with E-state index in [2.05, 4.69) is 19.1 Å². The molecule has 3 nitrogen and oxygen atoms in total. The number of hydrogen-bond acceptors (Lipinski definition) is 3. The number of aliphatic hydroxyl groups is 2. The van der Waals surface area contributed by atoms with Gasteiger partial charge < -0.3 is 10.2 Å². The van der Waals surface area contributed by atoms with Crippen molar-refractivity contribution in [3.63, 3.8) is 0 Å². The van der Waals surface area contributed by atoms with E-state index in [1.54, 1.807) is 12.5 Å². The van der Waals surface area contributed by atoms with Crippen LogP contribution in [0.4, 0.5) is 0 Å². The Morgan fingerprint density at radius 2 is 1.80 bits per heavy atom. The van der Waals surface area contributed by atoms with Crippen molar-refractivity contribution in [3.05, 3.63) is 58.2 Å². The van der Waals surface area contributed by atoms with Crippen LogP contribution in [0.1, 0.15) is 88.9 Å². The molecule has 5 rings (SSSR count). The van der Waals surface area contributed by atoms with E-state index < -0.39 is 11.7 Å². The van der Waals surface area contributed by atoms with Crippen LogP contribution in [0.3, 0.4) is 0 Å². The summed E-state index contributed by atoms with van der Waals surface area (Å²) in [5.74, 6) is 1.56. The Labute approximate surface area is 179 Å². The quantitative estimate of drug-likeness (QED) is 0.692. The van der Waals surface area contributed by atoms with Crippen molar-refractivity contribution in [2.45, 2.75) is 83.3 Å². The number of ketones is 1. The standard InChI is InChI=1S/C27H34O3/c1-16(28)17-4-6-18(7-5-17)23-15-26(2)24(12-13-27(26,3)30)22-10-8-19-14-20(29)9-11-21(19)25(22)23/h4-7,14,16,22-24,28,30H,8-13,15H2,1-3H3. The van der Waals surface area contributed by atoms with Gasteiger partial charge in [0.05, 0.1) is 11.7 Å². The number of rotatable bonds is 2. The third kappa shape index (κ3) is 2.89. The SMILES string of the molecule is CC(O)c1ccc(C2CC3(C)C(CCC3(C)O)C3CCC4=CC(=O)CCC4=C23)cc1. The molecule has 4 aliphatic carbocycles. The second kappa shape index (κ2) is 6.90. The monoisotopic (exact) mass is 406 g/mol. The minimum Gasteiger partial charge on any atom is -0.390 e. The highest BCUT2D eigenvalue weighted by atomic mass is 16.3. The van der Waals surface area contributed by atoms with Gasteiger partial charge in [-0.1, -0.05) is 36.8 Å². The Morgan fingerprint density at radius 3 is 2.50 bits per heavy atom. The highest BCUT2D eigenvalue weighted by Gasteiger charge is 2.60. The second-order valence-corrected chi connectivity index (χ2v) is 10.7. The van der Waals surface area contributed by atoms with Gasteiger partial charge in [-0.25, -0.2) is 0 Å². The molecule has 6 atom stereocenters. The predicted molar refractivity (Wildman–Crippen MR) is 118 cm³/mol. The van der Waals surface area contributed by atoms with Gasteiger partial charge in [0.2, 0.25) is 0 Å². The summed E-state index contributed by atoms with van der Waals surface area (Å²) in [4.78, 5) is 12.1. The van der Waals surface area contributed by atoms with Crippen molar-refractivity contribution >= 4 is 5.78 Å². The lowest BCUT2D eigenvalue weighted by molar-refractivity contribution is -0.114. The Bertz CT molecular complexity index is 933. The molecule has 2 fully saturated rings. The number of benzene rings is 1. The highest BCUT2D eigenvalue weighted by molar-refractivity contribution is 5.93. The van der Waals surface area contributed by atoms with Crippen molar-refractivity contribution in [1.82, 2.24) is 0 Å². The molecule has 3 heteroatoms. The van der Waals surface area contributed by atoms with E-state index in [4.69, 9.17) is 0 Å². The summed E-state index contributed by atoms with van der Waals surface area (Å²) >= 11 is 0. The summed E-state index contributed by atoms with van der Waals surface area (Å²) in [5, 5.41) is 21.3. The summed E-state index contributed by atoms with van der Waals surface area (Å²) in [7, 11) is 0. The zero-order chi connectivity index (χ0) is 21.3. The molecule has 0 saturated heterocycles. The number of carbonyl (C=O) groups is 1. The lowest BCUT2D eigenvalue weighted by atomic mass is 9.51. The first kappa shape index (κ1) is 20.2. The first-order valence-corrected chi connectivity index (χ1v) is 11.7. The fraction of sp³-hybridized carbons (Fsp3) is 0.593. The number of allylic oxidation sites excluding steroid dienone is 4. The second-order valence-electron chi connectivity index (χ2n) is 10.7. The van der Waals surface area contributed by atoms with E-state index >= 15 is 0 Å². The zero-order valence-electron chi connectivity index (χ0n) is 18.4. The molecule has 30 heavy (non-hydrogen) atoms. The maximum Gasteiger partial charge on any atom is 0.156 e. The van der Waals surface area contributed by atoms with Crippen LogP contribution in [0, 0.1) is 17.3 Å². The summed E-state index contributed by atoms with van der Waals surface area (Å²) < 4.78 is 0. The molecule has 2 saturated carbocycles. The summed E-state index contributed by atoms with van der Waals surface area (Å²) in [5.41, 5.74) is 5.77. The van der Waals surface area contributed by atoms with E-state index in [1.165, 1.54) is 16.7 Å². The molecule has 0 spiro atoms. The Hall–Kier alpha value is -1.71. The van der Waals surface area contributed by atoms with Crippen LogP contribution >= 0.6 is 0 Å². The van der Waals surface area contributed by atoms with Crippen LogP contribution < -0.4 is 0 Å². The first-order chi connectivity index (χ1) is 14.2. The van der Waals surface area contributed by atoms with E-state index in [0.717, 1.165) is 44.1 Å². The molecular formula is C27H34O3. The van der Waals surface area contributed by atoms with Crippen LogP contribution in [0.15, 0.2) is 47.1 Å². The van der Waals surface area contributed by atoms with E-state index in [-0.39, 0.29) is 17.1 Å². The normalized spacial score (nSPS) is 39.2. The minimum atomic E-state index is -0.635. The number of carbonyl (C=O) groups excluding carboxylic acids is 1. The number of aliphatic hydroxyl groups excluding tert-OH is 1. The van der Waals surface area contributed by atoms with Gasteiger partial charge in [0.25, 0.3) is 0 Å². The molecule has 1 aromatic rings. The van der Waals surface area contributed by atoms with Gasteiger partial charge in [-0.2, -0.15) is 0 Å². The largest absolute Gasteiger partial charge is 0.390 e. The molecular weight excluding hydrogens is 372 g/mol. The third-order valence-electron chi connectivity index (χ3n) is 9.12. The summed E-state index contributed by atoms with van der Waals surface area (Å²) in [6.07, 6.45) is 7.96. The molecule has 2 N–H and O–H groups in total. The fourth-order valence-corrected chi connectivity index (χ4v) is 7.19. The molecule has 0 aliphatic heterocycles. The molecule has 1 aromatic carbocycles. The Morgan fingerprint density at radius 1 is 1.07 bits per heavy atom. The zero-order valence-corrected chi connectivity index (χ0v) is 18.4.